The summed E-state index contributed by atoms with van der Waals surface area (Å²) in [5.74, 6) is -0.141. The second-order valence-corrected chi connectivity index (χ2v) is 6.58. The highest BCUT2D eigenvalue weighted by Gasteiger charge is 2.22. The molecule has 1 aromatic rings. The number of halogens is 1. The molecule has 2 atom stereocenters. The van der Waals surface area contributed by atoms with E-state index in [1.807, 2.05) is 12.1 Å². The molecule has 1 aromatic carbocycles. The number of nitrogens with zero attached hydrogens (tertiary/aromatic N) is 1. The molecule has 1 fully saturated rings. The van der Waals surface area contributed by atoms with Crippen LogP contribution in [-0.2, 0) is 4.74 Å². The van der Waals surface area contributed by atoms with Crippen molar-refractivity contribution in [1.29, 1.82) is 0 Å². The summed E-state index contributed by atoms with van der Waals surface area (Å²) < 4.78 is 18.7. The Morgan fingerprint density at radius 1 is 1.39 bits per heavy atom. The highest BCUT2D eigenvalue weighted by atomic mass is 19.1. The molecule has 0 bridgehead atoms. The summed E-state index contributed by atoms with van der Waals surface area (Å²) in [7, 11) is 1.61. The third kappa shape index (κ3) is 5.53. The van der Waals surface area contributed by atoms with Gasteiger partial charge < -0.3 is 20.1 Å². The van der Waals surface area contributed by atoms with Crippen molar-refractivity contribution in [2.75, 3.05) is 33.4 Å². The normalized spacial score (nSPS) is 19.7. The van der Waals surface area contributed by atoms with Crippen molar-refractivity contribution in [2.45, 2.75) is 44.9 Å². The number of benzene rings is 1. The highest BCUT2D eigenvalue weighted by Crippen LogP contribution is 2.19. The van der Waals surface area contributed by atoms with Gasteiger partial charge in [0, 0.05) is 25.7 Å². The zero-order chi connectivity index (χ0) is 16.8. The van der Waals surface area contributed by atoms with Gasteiger partial charge in [-0.1, -0.05) is 12.1 Å². The third-order valence-electron chi connectivity index (χ3n) is 4.60. The van der Waals surface area contributed by atoms with Crippen molar-refractivity contribution >= 4 is 0 Å². The molecule has 0 amide bonds. The first-order valence-corrected chi connectivity index (χ1v) is 8.41. The molecule has 1 aliphatic rings. The van der Waals surface area contributed by atoms with E-state index in [1.165, 1.54) is 0 Å². The molecular weight excluding hydrogens is 295 g/mol. The Morgan fingerprint density at radius 3 is 2.70 bits per heavy atom. The van der Waals surface area contributed by atoms with Gasteiger partial charge in [-0.3, -0.25) is 0 Å². The van der Waals surface area contributed by atoms with Gasteiger partial charge in [0.25, 0.3) is 0 Å². The van der Waals surface area contributed by atoms with Gasteiger partial charge in [-0.05, 0) is 57.0 Å². The number of hydrogen-bond donors (Lipinski definition) is 2. The van der Waals surface area contributed by atoms with Crippen LogP contribution >= 0.6 is 0 Å². The summed E-state index contributed by atoms with van der Waals surface area (Å²) >= 11 is 0. The second-order valence-electron chi connectivity index (χ2n) is 6.58. The molecule has 2 N–H and O–H groups in total. The van der Waals surface area contributed by atoms with Crippen LogP contribution in [-0.4, -0.2) is 55.5 Å². The van der Waals surface area contributed by atoms with Gasteiger partial charge in [0.1, 0.15) is 5.82 Å². The molecule has 23 heavy (non-hydrogen) atoms. The van der Waals surface area contributed by atoms with E-state index in [0.29, 0.717) is 24.8 Å². The standard InChI is InChI=1S/C18H29FN2O2/c1-13-4-5-15(10-18(13)19)14(2)20-16-6-8-21(9-7-16)11-17(22)12-23-3/h4-5,10,14,16-17,20,22H,6-9,11-12H2,1-3H3. The molecule has 0 saturated carbocycles. The van der Waals surface area contributed by atoms with Gasteiger partial charge in [-0.15, -0.1) is 0 Å². The van der Waals surface area contributed by atoms with Gasteiger partial charge in [0.2, 0.25) is 0 Å². The Bertz CT molecular complexity index is 490. The minimum atomic E-state index is -0.418. The number of β-amino-alcohol motifs (C(OH)–C–C–N with tert-alkyl or cyclic N) is 1. The highest BCUT2D eigenvalue weighted by molar-refractivity contribution is 5.25. The number of aliphatic hydroxyl groups is 1. The van der Waals surface area contributed by atoms with Crippen molar-refractivity contribution in [1.82, 2.24) is 10.2 Å². The quantitative estimate of drug-likeness (QED) is 0.807. The Hall–Kier alpha value is -1.01. The van der Waals surface area contributed by atoms with E-state index in [0.717, 1.165) is 31.5 Å². The van der Waals surface area contributed by atoms with E-state index in [2.05, 4.69) is 17.1 Å². The molecule has 0 aromatic heterocycles. The average molecular weight is 324 g/mol. The van der Waals surface area contributed by atoms with E-state index in [9.17, 15) is 9.50 Å². The van der Waals surface area contributed by atoms with Crippen LogP contribution in [0.2, 0.25) is 0 Å². The van der Waals surface area contributed by atoms with Gasteiger partial charge in [-0.2, -0.15) is 0 Å². The first-order valence-electron chi connectivity index (χ1n) is 8.41. The van der Waals surface area contributed by atoms with Crippen LogP contribution in [0.15, 0.2) is 18.2 Å². The van der Waals surface area contributed by atoms with Crippen LogP contribution in [0.1, 0.15) is 36.9 Å². The predicted octanol–water partition coefficient (Wildman–Crippen LogP) is 2.26. The summed E-state index contributed by atoms with van der Waals surface area (Å²) in [6.45, 7) is 6.85. The van der Waals surface area contributed by atoms with Crippen molar-refractivity contribution in [3.05, 3.63) is 35.1 Å². The van der Waals surface area contributed by atoms with E-state index in [1.54, 1.807) is 20.1 Å². The molecule has 130 valence electrons. The van der Waals surface area contributed by atoms with Crippen molar-refractivity contribution in [2.24, 2.45) is 0 Å². The molecule has 1 aliphatic heterocycles. The SMILES string of the molecule is COCC(O)CN1CCC(NC(C)c2ccc(C)c(F)c2)CC1. The molecule has 1 heterocycles. The summed E-state index contributed by atoms with van der Waals surface area (Å²) in [6, 6.07) is 6.03. The van der Waals surface area contributed by atoms with Crippen LogP contribution in [0.25, 0.3) is 0 Å². The first-order chi connectivity index (χ1) is 11.0. The van der Waals surface area contributed by atoms with Crippen molar-refractivity contribution in [3.8, 4) is 0 Å². The van der Waals surface area contributed by atoms with Crippen LogP contribution in [0, 0.1) is 12.7 Å². The molecule has 0 aliphatic carbocycles. The smallest absolute Gasteiger partial charge is 0.126 e. The number of rotatable bonds is 7. The first kappa shape index (κ1) is 18.3. The maximum atomic E-state index is 13.7. The van der Waals surface area contributed by atoms with E-state index in [4.69, 9.17) is 4.74 Å². The number of aryl methyl sites for hydroxylation is 1. The number of methoxy groups -OCH3 is 1. The minimum Gasteiger partial charge on any atom is -0.389 e. The topological polar surface area (TPSA) is 44.7 Å². The largest absolute Gasteiger partial charge is 0.389 e. The van der Waals surface area contributed by atoms with Gasteiger partial charge in [-0.25, -0.2) is 4.39 Å². The second kappa shape index (κ2) is 8.73. The number of ether oxygens (including phenoxy) is 1. The number of likely N-dealkylation sites (tertiary alicyclic amines) is 1. The van der Waals surface area contributed by atoms with Crippen LogP contribution in [0.3, 0.4) is 0 Å². The molecule has 1 saturated heterocycles. The lowest BCUT2D eigenvalue weighted by Crippen LogP contribution is -2.46. The Balaban J connectivity index is 1.78. The fourth-order valence-corrected chi connectivity index (χ4v) is 3.15. The monoisotopic (exact) mass is 324 g/mol. The fourth-order valence-electron chi connectivity index (χ4n) is 3.15. The van der Waals surface area contributed by atoms with Crippen LogP contribution in [0.5, 0.6) is 0 Å². The van der Waals surface area contributed by atoms with Crippen molar-refractivity contribution < 1.29 is 14.2 Å². The maximum Gasteiger partial charge on any atom is 0.126 e. The molecule has 0 radical (unpaired) electrons. The van der Waals surface area contributed by atoms with Crippen LogP contribution < -0.4 is 5.32 Å². The van der Waals surface area contributed by atoms with Gasteiger partial charge in [0.15, 0.2) is 0 Å². The summed E-state index contributed by atoms with van der Waals surface area (Å²) in [5, 5.41) is 13.4. The molecule has 5 heteroatoms. The van der Waals surface area contributed by atoms with E-state index in [-0.39, 0.29) is 11.9 Å². The lowest BCUT2D eigenvalue weighted by Gasteiger charge is -2.34. The Kier molecular flexibility index (Phi) is 6.96. The fraction of sp³-hybridized carbons (Fsp3) is 0.667. The zero-order valence-electron chi connectivity index (χ0n) is 14.4. The van der Waals surface area contributed by atoms with Crippen molar-refractivity contribution in [3.63, 3.8) is 0 Å². The lowest BCUT2D eigenvalue weighted by molar-refractivity contribution is 0.0308. The molecule has 2 unspecified atom stereocenters. The minimum absolute atomic E-state index is 0.140. The maximum absolute atomic E-state index is 13.7. The Morgan fingerprint density at radius 2 is 2.09 bits per heavy atom. The molecular formula is C18H29FN2O2. The molecule has 2 rings (SSSR count). The molecule has 4 nitrogen and oxygen atoms in total. The number of aliphatic hydroxyl groups excluding tert-OH is 1. The average Bonchev–Trinajstić information content (AvgIpc) is 2.52. The predicted molar refractivity (Wildman–Crippen MR) is 90.0 cm³/mol. The van der Waals surface area contributed by atoms with Gasteiger partial charge >= 0.3 is 0 Å². The summed E-state index contributed by atoms with van der Waals surface area (Å²) in [5.41, 5.74) is 1.68. The van der Waals surface area contributed by atoms with E-state index >= 15 is 0 Å². The summed E-state index contributed by atoms with van der Waals surface area (Å²) in [6.07, 6.45) is 1.66. The van der Waals surface area contributed by atoms with Crippen LogP contribution in [0.4, 0.5) is 4.39 Å². The number of piperidine rings is 1. The number of hydrogen-bond acceptors (Lipinski definition) is 4. The number of nitrogens with one attached hydrogen (secondary N) is 1. The Labute approximate surface area is 138 Å². The summed E-state index contributed by atoms with van der Waals surface area (Å²) in [4.78, 5) is 2.28. The zero-order valence-corrected chi connectivity index (χ0v) is 14.4. The lowest BCUT2D eigenvalue weighted by atomic mass is 10.0. The third-order valence-corrected chi connectivity index (χ3v) is 4.60. The van der Waals surface area contributed by atoms with Gasteiger partial charge in [0.05, 0.1) is 12.7 Å². The molecule has 0 spiro atoms. The van der Waals surface area contributed by atoms with E-state index < -0.39 is 6.10 Å².